The first-order valence-electron chi connectivity index (χ1n) is 32.2. The summed E-state index contributed by atoms with van der Waals surface area (Å²) in [6.07, 6.45) is 3.61. The van der Waals surface area contributed by atoms with Gasteiger partial charge in [0.05, 0.1) is 6.54 Å². The Labute approximate surface area is 555 Å². The smallest absolute Gasteiger partial charge is 0.246 e. The van der Waals surface area contributed by atoms with Gasteiger partial charge in [-0.3, -0.25) is 47.9 Å². The van der Waals surface area contributed by atoms with Crippen molar-refractivity contribution in [1.82, 2.24) is 46.7 Å². The van der Waals surface area contributed by atoms with Crippen molar-refractivity contribution in [3.05, 3.63) is 136 Å². The summed E-state index contributed by atoms with van der Waals surface area (Å²) in [5, 5.41) is 27.4. The maximum Gasteiger partial charge on any atom is 0.246 e. The standard InChI is InChI=1S/C69H88FN11O11S2/c1-41-62(86)77-55(32-43-17-22-50(82)23-18-43)67(91)81-28-9-14-59(81)66(90)79-57(61(72)85)40-94-39-45-11-7-10-44(30-45)38-93-29-25-60(84)76-54(12-5-6-26-71)64(88)74-37-51(83)34-46(33-47-36-73-53-24-21-49(70)35-52(47)53)63(87)78-56(31-42-15-19-48(20-16-42)69(2,3)4)68(92)80-27-8-13-58(80)65(89)75-41/h7,10-11,15-24,30,35-36,41,46,54-59,73,82H,5-6,8-9,12-14,25-29,31-34,37-40,71H2,1-4H3,(H2,72,85)(H,74,88)(H,75,89)(H,76,84)(H,77,86)(H,78,87)(H,79,90)/t41-,46+,54-,55-,56-,57-,58-,59-/m0/s1. The maximum absolute atomic E-state index is 15.3. The lowest BCUT2D eigenvalue weighted by Gasteiger charge is -2.31. The largest absolute Gasteiger partial charge is 0.508 e. The van der Waals surface area contributed by atoms with Crippen molar-refractivity contribution in [3.8, 4) is 5.75 Å². The number of fused-ring (bicyclic) bond motifs is 5. The number of hydrogen-bond acceptors (Lipinski definition) is 14. The number of thioether (sulfide) groups is 2. The number of ketones is 1. The highest BCUT2D eigenvalue weighted by atomic mass is 32.2. The van der Waals surface area contributed by atoms with E-state index in [0.29, 0.717) is 77.1 Å². The number of phenols is 1. The van der Waals surface area contributed by atoms with Gasteiger partial charge in [0, 0.05) is 84.8 Å². The van der Waals surface area contributed by atoms with Crippen LogP contribution < -0.4 is 43.4 Å². The zero-order valence-electron chi connectivity index (χ0n) is 53.8. The van der Waals surface area contributed by atoms with Gasteiger partial charge in [-0.2, -0.15) is 23.5 Å². The van der Waals surface area contributed by atoms with Gasteiger partial charge in [-0.15, -0.1) is 0 Å². The minimum Gasteiger partial charge on any atom is -0.508 e. The Kier molecular flexibility index (Phi) is 25.7. The Balaban J connectivity index is 1.09. The highest BCUT2D eigenvalue weighted by molar-refractivity contribution is 7.98. The molecular formula is C69H88FN11O11S2. The zero-order chi connectivity index (χ0) is 67.6. The van der Waals surface area contributed by atoms with Gasteiger partial charge >= 0.3 is 0 Å². The topological polar surface area (TPSA) is 337 Å². The van der Waals surface area contributed by atoms with E-state index in [1.807, 2.05) is 48.5 Å². The third kappa shape index (κ3) is 20.1. The molecule has 2 fully saturated rings. The normalized spacial score (nSPS) is 23.7. The van der Waals surface area contributed by atoms with E-state index in [0.717, 1.165) is 16.7 Å². The lowest BCUT2D eigenvalue weighted by atomic mass is 9.86. The molecule has 1 aromatic heterocycles. The molecule has 8 atom stereocenters. The van der Waals surface area contributed by atoms with Crippen LogP contribution in [-0.2, 0) is 84.1 Å². The summed E-state index contributed by atoms with van der Waals surface area (Å²) in [6, 6.07) is 17.4. The number of carbonyl (C=O) groups is 10. The van der Waals surface area contributed by atoms with Crippen molar-refractivity contribution < 1.29 is 57.4 Å². The van der Waals surface area contributed by atoms with Gasteiger partial charge in [-0.05, 0) is 134 Å². The van der Waals surface area contributed by atoms with Crippen molar-refractivity contribution in [3.63, 3.8) is 0 Å². The number of H-pyrrole nitrogens is 1. The average molecular weight is 1330 g/mol. The first-order valence-corrected chi connectivity index (χ1v) is 34.5. The van der Waals surface area contributed by atoms with E-state index < -0.39 is 120 Å². The van der Waals surface area contributed by atoms with Crippen molar-refractivity contribution in [2.24, 2.45) is 17.4 Å². The van der Waals surface area contributed by atoms with Crippen LogP contribution in [0.25, 0.3) is 10.9 Å². The van der Waals surface area contributed by atoms with Crippen LogP contribution in [0.1, 0.15) is 119 Å². The summed E-state index contributed by atoms with van der Waals surface area (Å²) in [7, 11) is 0. The molecule has 0 spiro atoms. The minimum atomic E-state index is -1.31. The molecule has 0 saturated carbocycles. The second-order valence-corrected chi connectivity index (χ2v) is 27.8. The highest BCUT2D eigenvalue weighted by Gasteiger charge is 2.42. The van der Waals surface area contributed by atoms with Crippen LogP contribution in [0.5, 0.6) is 5.75 Å². The Bertz CT molecular complexity index is 3530. The van der Waals surface area contributed by atoms with Crippen LogP contribution in [0.3, 0.4) is 0 Å². The number of nitrogens with one attached hydrogen (secondary N) is 7. The quantitative estimate of drug-likeness (QED) is 0.0806. The summed E-state index contributed by atoms with van der Waals surface area (Å²) in [6.45, 7) is 7.70. The van der Waals surface area contributed by atoms with Crippen LogP contribution in [0.4, 0.5) is 4.39 Å². The Morgan fingerprint density at radius 2 is 1.29 bits per heavy atom. The number of phenolic OH excluding ortho intramolecular Hbond substituents is 1. The van der Waals surface area contributed by atoms with E-state index in [4.69, 9.17) is 11.5 Å². The number of aromatic amines is 1. The number of Topliss-reactive ketones (excluding diaryl/α,β-unsaturated/α-hetero) is 1. The predicted molar refractivity (Wildman–Crippen MR) is 359 cm³/mol. The third-order valence-electron chi connectivity index (χ3n) is 17.3. The Hall–Kier alpha value is -8.29. The molecule has 2 bridgehead atoms. The molecule has 5 aromatic rings. The van der Waals surface area contributed by atoms with E-state index in [1.165, 1.54) is 64.5 Å². The molecule has 94 heavy (non-hydrogen) atoms. The number of benzene rings is 4. The van der Waals surface area contributed by atoms with Crippen molar-refractivity contribution in [1.29, 1.82) is 0 Å². The summed E-state index contributed by atoms with van der Waals surface area (Å²) >= 11 is 2.89. The van der Waals surface area contributed by atoms with Crippen LogP contribution >= 0.6 is 23.5 Å². The zero-order valence-corrected chi connectivity index (χ0v) is 55.4. The van der Waals surface area contributed by atoms with E-state index in [1.54, 1.807) is 24.4 Å². The van der Waals surface area contributed by atoms with Crippen LogP contribution in [0.15, 0.2) is 97.2 Å². The van der Waals surface area contributed by atoms with Gasteiger partial charge in [-0.25, -0.2) is 4.39 Å². The number of halogens is 1. The fourth-order valence-corrected chi connectivity index (χ4v) is 14.0. The molecule has 4 heterocycles. The Morgan fingerprint density at radius 1 is 0.681 bits per heavy atom. The number of hydrogen-bond donors (Lipinski definition) is 10. The summed E-state index contributed by atoms with van der Waals surface area (Å²) in [5.74, 6) is -6.47. The molecule has 0 radical (unpaired) electrons. The average Bonchev–Trinajstić information content (AvgIpc) is 2.06. The van der Waals surface area contributed by atoms with E-state index in [9.17, 15) is 47.9 Å². The molecule has 3 aliphatic heterocycles. The van der Waals surface area contributed by atoms with Gasteiger partial charge in [0.25, 0.3) is 0 Å². The van der Waals surface area contributed by atoms with Crippen molar-refractivity contribution >= 4 is 93.4 Å². The molecule has 8 rings (SSSR count). The van der Waals surface area contributed by atoms with E-state index >= 15 is 9.59 Å². The first-order chi connectivity index (χ1) is 44.9. The van der Waals surface area contributed by atoms with Gasteiger partial charge in [0.1, 0.15) is 53.9 Å². The molecule has 0 aliphatic carbocycles. The molecular weight excluding hydrogens is 1240 g/mol. The molecule has 25 heteroatoms. The van der Waals surface area contributed by atoms with Gasteiger partial charge in [0.15, 0.2) is 5.78 Å². The predicted octanol–water partition coefficient (Wildman–Crippen LogP) is 4.64. The minimum absolute atomic E-state index is 0.0297. The second-order valence-electron chi connectivity index (χ2n) is 25.6. The number of nitrogens with zero attached hydrogens (tertiary/aromatic N) is 2. The molecule has 22 nitrogen and oxygen atoms in total. The van der Waals surface area contributed by atoms with Crippen molar-refractivity contribution in [2.45, 2.75) is 164 Å². The molecule has 3 aliphatic rings. The molecule has 9 amide bonds. The fourth-order valence-electron chi connectivity index (χ4n) is 12.1. The van der Waals surface area contributed by atoms with E-state index in [-0.39, 0.29) is 80.9 Å². The summed E-state index contributed by atoms with van der Waals surface area (Å²) in [4.78, 5) is 148. The maximum atomic E-state index is 15.3. The van der Waals surface area contributed by atoms with Gasteiger partial charge in [0.2, 0.25) is 53.2 Å². The number of unbranched alkanes of at least 4 members (excludes halogenated alkanes) is 1. The number of primary amides is 1. The lowest BCUT2D eigenvalue weighted by molar-refractivity contribution is -0.143. The number of amides is 9. The number of nitrogens with two attached hydrogens (primary N) is 2. The summed E-state index contributed by atoms with van der Waals surface area (Å²) < 4.78 is 14.8. The fraction of sp³-hybridized carbons (Fsp3) is 0.478. The third-order valence-corrected chi connectivity index (χ3v) is 19.5. The number of rotatable bonds is 11. The van der Waals surface area contributed by atoms with Crippen LogP contribution in [0.2, 0.25) is 0 Å². The molecule has 0 unspecified atom stereocenters. The van der Waals surface area contributed by atoms with Gasteiger partial charge in [-0.1, -0.05) is 81.4 Å². The Morgan fingerprint density at radius 3 is 1.90 bits per heavy atom. The molecule has 12 N–H and O–H groups in total. The van der Waals surface area contributed by atoms with Crippen molar-refractivity contribution in [2.75, 3.05) is 37.7 Å². The molecule has 4 aromatic carbocycles. The number of carbonyl (C=O) groups excluding carboxylic acids is 10. The van der Waals surface area contributed by atoms with E-state index in [2.05, 4.69) is 57.7 Å². The highest BCUT2D eigenvalue weighted by Crippen LogP contribution is 2.28. The lowest BCUT2D eigenvalue weighted by Crippen LogP contribution is -2.59. The monoisotopic (exact) mass is 1330 g/mol. The first kappa shape index (κ1) is 71.6. The summed E-state index contributed by atoms with van der Waals surface area (Å²) in [5.41, 5.74) is 16.7. The molecule has 2 saturated heterocycles. The molecule has 504 valence electrons. The SMILES string of the molecule is C[C@@H]1NC(=O)[C@@H]2CCCN2C(=O)[C@H](Cc2ccc(C(C)(C)C)cc2)NC(=O)[C@H](Cc2c[nH]c3ccc(F)cc23)CC(=O)CNC(=O)[C@H](CCCCN)NC(=O)CCSCc2cccc(c2)CSC[C@@H](C(N)=O)NC(=O)[C@@H]2CCCN2C(=O)[C@H](Cc2ccc(O)cc2)NC1=O. The van der Waals surface area contributed by atoms with Gasteiger partial charge < -0.3 is 63.3 Å². The van der Waals surface area contributed by atoms with Crippen LogP contribution in [-0.4, -0.2) is 159 Å². The second kappa shape index (κ2) is 33.7. The van der Waals surface area contributed by atoms with Crippen LogP contribution in [0, 0.1) is 11.7 Å². The number of aromatic hydroxyl groups is 1. The number of aromatic nitrogens is 1.